The van der Waals surface area contributed by atoms with E-state index in [-0.39, 0.29) is 11.8 Å². The molecule has 2 aliphatic heterocycles. The van der Waals surface area contributed by atoms with E-state index in [0.717, 1.165) is 18.9 Å². The van der Waals surface area contributed by atoms with Crippen LogP contribution < -0.4 is 5.32 Å². The quantitative estimate of drug-likeness (QED) is 0.794. The third-order valence-corrected chi connectivity index (χ3v) is 6.37. The summed E-state index contributed by atoms with van der Waals surface area (Å²) in [5.41, 5.74) is -0.410. The molecule has 3 aliphatic rings. The van der Waals surface area contributed by atoms with Crippen molar-refractivity contribution in [1.82, 2.24) is 5.32 Å². The van der Waals surface area contributed by atoms with Crippen LogP contribution in [0.4, 0.5) is 0 Å². The molecule has 0 radical (unpaired) electrons. The maximum Gasteiger partial charge on any atom is 0.153 e. The first-order chi connectivity index (χ1) is 8.10. The molecule has 17 heavy (non-hydrogen) atoms. The van der Waals surface area contributed by atoms with Gasteiger partial charge in [0.1, 0.15) is 0 Å². The van der Waals surface area contributed by atoms with E-state index in [4.69, 9.17) is 4.74 Å². The van der Waals surface area contributed by atoms with Gasteiger partial charge in [-0.3, -0.25) is 0 Å². The Morgan fingerprint density at radius 1 is 1.35 bits per heavy atom. The van der Waals surface area contributed by atoms with Gasteiger partial charge in [0.2, 0.25) is 0 Å². The van der Waals surface area contributed by atoms with Gasteiger partial charge in [-0.25, -0.2) is 8.42 Å². The van der Waals surface area contributed by atoms with Gasteiger partial charge in [0, 0.05) is 12.6 Å². The third-order valence-electron chi connectivity index (χ3n) is 4.61. The summed E-state index contributed by atoms with van der Waals surface area (Å²) in [5.74, 6) is 1.31. The van der Waals surface area contributed by atoms with Crippen LogP contribution in [0.15, 0.2) is 0 Å². The summed E-state index contributed by atoms with van der Waals surface area (Å²) in [5, 5.41) is 3.50. The van der Waals surface area contributed by atoms with Crippen molar-refractivity contribution in [3.05, 3.63) is 0 Å². The topological polar surface area (TPSA) is 55.4 Å². The van der Waals surface area contributed by atoms with Gasteiger partial charge >= 0.3 is 0 Å². The fraction of sp³-hybridized carbons (Fsp3) is 1.00. The third kappa shape index (κ3) is 2.25. The molecule has 0 aromatic carbocycles. The van der Waals surface area contributed by atoms with Crippen molar-refractivity contribution in [2.75, 3.05) is 24.7 Å². The van der Waals surface area contributed by atoms with Crippen molar-refractivity contribution in [3.63, 3.8) is 0 Å². The zero-order valence-electron chi connectivity index (χ0n) is 10.2. The van der Waals surface area contributed by atoms with Crippen LogP contribution in [0.2, 0.25) is 0 Å². The van der Waals surface area contributed by atoms with Gasteiger partial charge < -0.3 is 10.1 Å². The maximum atomic E-state index is 11.7. The number of sulfone groups is 1. The molecule has 0 aromatic rings. The Bertz CT molecular complexity index is 391. The van der Waals surface area contributed by atoms with Crippen LogP contribution in [-0.4, -0.2) is 44.7 Å². The zero-order chi connectivity index (χ0) is 11.9. The number of rotatable bonds is 2. The lowest BCUT2D eigenvalue weighted by molar-refractivity contribution is -0.0858. The summed E-state index contributed by atoms with van der Waals surface area (Å²) in [6.45, 7) is 1.51. The molecule has 98 valence electrons. The predicted molar refractivity (Wildman–Crippen MR) is 65.7 cm³/mol. The molecule has 2 saturated heterocycles. The van der Waals surface area contributed by atoms with Crippen LogP contribution in [0.25, 0.3) is 0 Å². The summed E-state index contributed by atoms with van der Waals surface area (Å²) in [6, 6.07) is 0.249. The first-order valence-electron chi connectivity index (χ1n) is 6.67. The van der Waals surface area contributed by atoms with Crippen LogP contribution in [-0.2, 0) is 14.6 Å². The fourth-order valence-electron chi connectivity index (χ4n) is 3.37. The van der Waals surface area contributed by atoms with E-state index in [2.05, 4.69) is 5.32 Å². The Labute approximate surface area is 103 Å². The van der Waals surface area contributed by atoms with Crippen molar-refractivity contribution in [1.29, 1.82) is 0 Å². The second-order valence-corrected chi connectivity index (χ2v) is 7.98. The van der Waals surface area contributed by atoms with Gasteiger partial charge in [0.05, 0.1) is 23.7 Å². The SMILES string of the molecule is O=S1(=O)CCC2(C1)OCCNC2CC1CCC1. The second kappa shape index (κ2) is 4.21. The van der Waals surface area contributed by atoms with Gasteiger partial charge in [-0.15, -0.1) is 0 Å². The molecule has 1 aliphatic carbocycles. The molecule has 4 nitrogen and oxygen atoms in total. The number of ether oxygens (including phenoxy) is 1. The summed E-state index contributed by atoms with van der Waals surface area (Å²) in [6.07, 6.45) is 5.72. The molecule has 1 N–H and O–H groups in total. The molecule has 2 unspecified atom stereocenters. The van der Waals surface area contributed by atoms with E-state index in [1.807, 2.05) is 0 Å². The highest BCUT2D eigenvalue weighted by Crippen LogP contribution is 2.39. The Balaban J connectivity index is 1.75. The minimum absolute atomic E-state index is 0.227. The normalized spacial score (nSPS) is 41.5. The molecule has 2 heterocycles. The summed E-state index contributed by atoms with van der Waals surface area (Å²) in [4.78, 5) is 0. The Morgan fingerprint density at radius 2 is 2.18 bits per heavy atom. The fourth-order valence-corrected chi connectivity index (χ4v) is 5.34. The van der Waals surface area contributed by atoms with E-state index in [9.17, 15) is 8.42 Å². The Morgan fingerprint density at radius 3 is 2.76 bits per heavy atom. The highest BCUT2D eigenvalue weighted by atomic mass is 32.2. The standard InChI is InChI=1S/C12H21NO3S/c14-17(15)7-4-12(9-17)11(13-5-6-16-12)8-10-2-1-3-10/h10-11,13H,1-9H2. The molecule has 1 saturated carbocycles. The highest BCUT2D eigenvalue weighted by Gasteiger charge is 2.50. The summed E-state index contributed by atoms with van der Waals surface area (Å²) >= 11 is 0. The van der Waals surface area contributed by atoms with E-state index in [0.29, 0.717) is 18.8 Å². The Kier molecular flexibility index (Phi) is 2.96. The summed E-state index contributed by atoms with van der Waals surface area (Å²) < 4.78 is 29.3. The average Bonchev–Trinajstić information content (AvgIpc) is 2.51. The molecule has 5 heteroatoms. The molecule has 2 atom stereocenters. The first-order valence-corrected chi connectivity index (χ1v) is 8.50. The Hall–Kier alpha value is -0.130. The predicted octanol–water partition coefficient (Wildman–Crippen LogP) is 0.722. The average molecular weight is 259 g/mol. The van der Waals surface area contributed by atoms with E-state index in [1.54, 1.807) is 0 Å². The number of morpholine rings is 1. The van der Waals surface area contributed by atoms with Crippen molar-refractivity contribution in [2.24, 2.45) is 5.92 Å². The van der Waals surface area contributed by atoms with Gasteiger partial charge in [0.25, 0.3) is 0 Å². The monoisotopic (exact) mass is 259 g/mol. The van der Waals surface area contributed by atoms with Gasteiger partial charge in [0.15, 0.2) is 9.84 Å². The van der Waals surface area contributed by atoms with Gasteiger partial charge in [-0.2, -0.15) is 0 Å². The summed E-state index contributed by atoms with van der Waals surface area (Å²) in [7, 11) is -2.88. The van der Waals surface area contributed by atoms with Gasteiger partial charge in [-0.1, -0.05) is 19.3 Å². The molecular formula is C12H21NO3S. The molecule has 3 rings (SSSR count). The second-order valence-electron chi connectivity index (χ2n) is 5.79. The maximum absolute atomic E-state index is 11.7. The zero-order valence-corrected chi connectivity index (χ0v) is 11.0. The minimum atomic E-state index is -2.88. The van der Waals surface area contributed by atoms with Crippen molar-refractivity contribution in [2.45, 2.75) is 43.7 Å². The van der Waals surface area contributed by atoms with Crippen LogP contribution >= 0.6 is 0 Å². The lowest BCUT2D eigenvalue weighted by Gasteiger charge is -2.44. The van der Waals surface area contributed by atoms with Crippen LogP contribution in [0, 0.1) is 5.92 Å². The van der Waals surface area contributed by atoms with E-state index < -0.39 is 15.4 Å². The van der Waals surface area contributed by atoms with Crippen molar-refractivity contribution in [3.8, 4) is 0 Å². The highest BCUT2D eigenvalue weighted by molar-refractivity contribution is 7.91. The molecule has 0 amide bonds. The molecule has 1 spiro atoms. The van der Waals surface area contributed by atoms with Crippen molar-refractivity contribution < 1.29 is 13.2 Å². The first kappa shape index (κ1) is 11.9. The number of nitrogens with one attached hydrogen (secondary N) is 1. The molecule has 0 bridgehead atoms. The number of hydrogen-bond acceptors (Lipinski definition) is 4. The lowest BCUT2D eigenvalue weighted by Crippen LogP contribution is -2.59. The van der Waals surface area contributed by atoms with Crippen molar-refractivity contribution >= 4 is 9.84 Å². The van der Waals surface area contributed by atoms with Crippen LogP contribution in [0.5, 0.6) is 0 Å². The van der Waals surface area contributed by atoms with Crippen LogP contribution in [0.3, 0.4) is 0 Å². The number of hydrogen-bond donors (Lipinski definition) is 1. The molecular weight excluding hydrogens is 238 g/mol. The minimum Gasteiger partial charge on any atom is -0.371 e. The largest absolute Gasteiger partial charge is 0.371 e. The lowest BCUT2D eigenvalue weighted by atomic mass is 9.76. The van der Waals surface area contributed by atoms with Gasteiger partial charge in [-0.05, 0) is 18.8 Å². The van der Waals surface area contributed by atoms with E-state index >= 15 is 0 Å². The smallest absolute Gasteiger partial charge is 0.153 e. The molecule has 0 aromatic heterocycles. The van der Waals surface area contributed by atoms with Crippen LogP contribution in [0.1, 0.15) is 32.1 Å². The van der Waals surface area contributed by atoms with E-state index in [1.165, 1.54) is 19.3 Å². The molecule has 3 fully saturated rings.